The first-order valence-corrected chi connectivity index (χ1v) is 10.5. The molecule has 0 saturated heterocycles. The maximum Gasteiger partial charge on any atom is 0.330 e. The molecular formula is C21H26N8O2. The van der Waals surface area contributed by atoms with E-state index in [-0.39, 0.29) is 17.8 Å². The van der Waals surface area contributed by atoms with Gasteiger partial charge in [-0.15, -0.1) is 0 Å². The molecule has 1 N–H and O–H groups in total. The fourth-order valence-electron chi connectivity index (χ4n) is 4.45. The van der Waals surface area contributed by atoms with E-state index in [9.17, 15) is 4.79 Å². The third-order valence-electron chi connectivity index (χ3n) is 6.21. The summed E-state index contributed by atoms with van der Waals surface area (Å²) in [5.74, 6) is 1.16. The average molecular weight is 422 g/mol. The molecule has 0 spiro atoms. The molecule has 1 fully saturated rings. The van der Waals surface area contributed by atoms with E-state index in [4.69, 9.17) is 9.72 Å². The summed E-state index contributed by atoms with van der Waals surface area (Å²) < 4.78 is 10.7. The van der Waals surface area contributed by atoms with E-state index in [1.807, 2.05) is 30.7 Å². The highest BCUT2D eigenvalue weighted by molar-refractivity contribution is 5.73. The van der Waals surface area contributed by atoms with Crippen LogP contribution in [0.15, 0.2) is 23.3 Å². The van der Waals surface area contributed by atoms with Crippen molar-refractivity contribution < 1.29 is 4.74 Å². The Morgan fingerprint density at radius 3 is 2.68 bits per heavy atom. The second kappa shape index (κ2) is 7.45. The van der Waals surface area contributed by atoms with Crippen molar-refractivity contribution in [3.63, 3.8) is 0 Å². The summed E-state index contributed by atoms with van der Waals surface area (Å²) in [5.41, 5.74) is 3.96. The number of nitrogens with zero attached hydrogens (tertiary/aromatic N) is 7. The van der Waals surface area contributed by atoms with Gasteiger partial charge in [0.1, 0.15) is 11.3 Å². The average Bonchev–Trinajstić information content (AvgIpc) is 3.24. The van der Waals surface area contributed by atoms with E-state index < -0.39 is 0 Å². The highest BCUT2D eigenvalue weighted by Gasteiger charge is 2.26. The third kappa shape index (κ3) is 3.36. The van der Waals surface area contributed by atoms with E-state index in [1.165, 1.54) is 0 Å². The minimum atomic E-state index is -0.0574. The Morgan fingerprint density at radius 2 is 1.94 bits per heavy atom. The van der Waals surface area contributed by atoms with Gasteiger partial charge in [0, 0.05) is 20.2 Å². The van der Waals surface area contributed by atoms with Crippen LogP contribution in [0.5, 0.6) is 0 Å². The number of aromatic nitrogens is 7. The van der Waals surface area contributed by atoms with Gasteiger partial charge < -0.3 is 10.1 Å². The SMILES string of the molecule is COC1CCC(n2c(=O)n(C)c3cnc(Nc4cn5nc(C)nc5cc4C)nc32)CC1. The van der Waals surface area contributed by atoms with Gasteiger partial charge in [0.15, 0.2) is 11.3 Å². The number of aryl methyl sites for hydroxylation is 3. The standard InChI is InChI=1S/C21H26N8O2/c1-12-9-18-23-13(2)26-28(18)11-16(12)24-20-22-10-17-19(25-20)29(21(30)27(17)3)14-5-7-15(31-4)8-6-14/h9-11,14-15H,5-8H2,1-4H3,(H,22,24,25). The highest BCUT2D eigenvalue weighted by Crippen LogP contribution is 2.31. The molecule has 5 rings (SSSR count). The Bertz CT molecular complexity index is 1330. The monoisotopic (exact) mass is 422 g/mol. The van der Waals surface area contributed by atoms with Crippen molar-refractivity contribution in [2.45, 2.75) is 51.7 Å². The minimum Gasteiger partial charge on any atom is -0.381 e. The Kier molecular flexibility index (Phi) is 4.73. The molecule has 4 heterocycles. The van der Waals surface area contributed by atoms with Gasteiger partial charge in [-0.2, -0.15) is 10.1 Å². The minimum absolute atomic E-state index is 0.0574. The summed E-state index contributed by atoms with van der Waals surface area (Å²) in [6, 6.07) is 2.08. The number of ether oxygens (including phenoxy) is 1. The van der Waals surface area contributed by atoms with Gasteiger partial charge >= 0.3 is 5.69 Å². The van der Waals surface area contributed by atoms with Crippen molar-refractivity contribution in [1.82, 2.24) is 33.7 Å². The summed E-state index contributed by atoms with van der Waals surface area (Å²) in [6.45, 7) is 3.86. The van der Waals surface area contributed by atoms with Crippen LogP contribution in [0.4, 0.5) is 11.6 Å². The molecular weight excluding hydrogens is 396 g/mol. The van der Waals surface area contributed by atoms with Crippen molar-refractivity contribution in [2.75, 3.05) is 12.4 Å². The summed E-state index contributed by atoms with van der Waals surface area (Å²) in [7, 11) is 3.52. The van der Waals surface area contributed by atoms with Crippen LogP contribution in [-0.2, 0) is 11.8 Å². The number of pyridine rings is 1. The Balaban J connectivity index is 1.53. The molecule has 0 aliphatic heterocycles. The topological polar surface area (TPSA) is 104 Å². The Morgan fingerprint density at radius 1 is 1.16 bits per heavy atom. The van der Waals surface area contributed by atoms with Crippen molar-refractivity contribution in [3.8, 4) is 0 Å². The first-order valence-electron chi connectivity index (χ1n) is 10.5. The number of methoxy groups -OCH3 is 1. The zero-order valence-electron chi connectivity index (χ0n) is 18.2. The van der Waals surface area contributed by atoms with Crippen LogP contribution in [0.25, 0.3) is 16.8 Å². The van der Waals surface area contributed by atoms with Crippen molar-refractivity contribution in [1.29, 1.82) is 0 Å². The molecule has 0 bridgehead atoms. The lowest BCUT2D eigenvalue weighted by Crippen LogP contribution is -2.30. The molecule has 10 heteroatoms. The summed E-state index contributed by atoms with van der Waals surface area (Å²) in [4.78, 5) is 26.6. The summed E-state index contributed by atoms with van der Waals surface area (Å²) >= 11 is 0. The maximum absolute atomic E-state index is 13.0. The second-order valence-corrected chi connectivity index (χ2v) is 8.24. The van der Waals surface area contributed by atoms with Gasteiger partial charge in [-0.05, 0) is 51.2 Å². The lowest BCUT2D eigenvalue weighted by molar-refractivity contribution is 0.0584. The number of fused-ring (bicyclic) bond motifs is 2. The molecule has 4 aromatic rings. The van der Waals surface area contributed by atoms with Gasteiger partial charge in [0.2, 0.25) is 5.95 Å². The van der Waals surface area contributed by atoms with Crippen LogP contribution in [0.3, 0.4) is 0 Å². The van der Waals surface area contributed by atoms with Crippen LogP contribution in [0, 0.1) is 13.8 Å². The molecule has 10 nitrogen and oxygen atoms in total. The van der Waals surface area contributed by atoms with E-state index >= 15 is 0 Å². The fourth-order valence-corrected chi connectivity index (χ4v) is 4.45. The van der Waals surface area contributed by atoms with Crippen LogP contribution in [0.2, 0.25) is 0 Å². The number of nitrogens with one attached hydrogen (secondary N) is 1. The van der Waals surface area contributed by atoms with E-state index in [2.05, 4.69) is 20.4 Å². The van der Waals surface area contributed by atoms with Crippen LogP contribution in [0.1, 0.15) is 43.1 Å². The molecule has 0 unspecified atom stereocenters. The Labute approximate surface area is 178 Å². The number of imidazole rings is 1. The molecule has 0 atom stereocenters. The molecule has 1 saturated carbocycles. The molecule has 4 aromatic heterocycles. The largest absolute Gasteiger partial charge is 0.381 e. The molecule has 1 aliphatic carbocycles. The lowest BCUT2D eigenvalue weighted by atomic mass is 9.93. The van der Waals surface area contributed by atoms with Crippen molar-refractivity contribution >= 4 is 28.4 Å². The summed E-state index contributed by atoms with van der Waals surface area (Å²) in [5, 5.41) is 7.66. The predicted octanol–water partition coefficient (Wildman–Crippen LogP) is 2.66. The first-order chi connectivity index (χ1) is 14.9. The van der Waals surface area contributed by atoms with Crippen molar-refractivity contribution in [2.24, 2.45) is 7.05 Å². The van der Waals surface area contributed by atoms with Gasteiger partial charge in [-0.1, -0.05) is 0 Å². The number of hydrogen-bond acceptors (Lipinski definition) is 7. The second-order valence-electron chi connectivity index (χ2n) is 8.24. The van der Waals surface area contributed by atoms with Gasteiger partial charge in [0.05, 0.1) is 24.2 Å². The number of hydrogen-bond donors (Lipinski definition) is 1. The predicted molar refractivity (Wildman–Crippen MR) is 117 cm³/mol. The number of anilines is 2. The molecule has 162 valence electrons. The maximum atomic E-state index is 13.0. The van der Waals surface area contributed by atoms with Gasteiger partial charge in [-0.25, -0.2) is 19.3 Å². The summed E-state index contributed by atoms with van der Waals surface area (Å²) in [6.07, 6.45) is 7.52. The number of rotatable bonds is 4. The van der Waals surface area contributed by atoms with E-state index in [0.717, 1.165) is 48.1 Å². The van der Waals surface area contributed by atoms with Crippen LogP contribution in [-0.4, -0.2) is 46.9 Å². The van der Waals surface area contributed by atoms with E-state index in [1.54, 1.807) is 29.4 Å². The van der Waals surface area contributed by atoms with Gasteiger partial charge in [0.25, 0.3) is 0 Å². The molecule has 0 radical (unpaired) electrons. The molecule has 0 amide bonds. The quantitative estimate of drug-likeness (QED) is 0.539. The smallest absolute Gasteiger partial charge is 0.330 e. The normalized spacial score (nSPS) is 19.4. The first kappa shape index (κ1) is 19.7. The fraction of sp³-hybridized carbons (Fsp3) is 0.476. The van der Waals surface area contributed by atoms with E-state index in [0.29, 0.717) is 17.4 Å². The lowest BCUT2D eigenvalue weighted by Gasteiger charge is -2.28. The van der Waals surface area contributed by atoms with Crippen LogP contribution < -0.4 is 11.0 Å². The zero-order chi connectivity index (χ0) is 21.7. The van der Waals surface area contributed by atoms with Gasteiger partial charge in [-0.3, -0.25) is 9.13 Å². The molecule has 31 heavy (non-hydrogen) atoms. The Hall–Kier alpha value is -3.27. The van der Waals surface area contributed by atoms with Crippen molar-refractivity contribution in [3.05, 3.63) is 40.3 Å². The molecule has 1 aliphatic rings. The molecule has 0 aromatic carbocycles. The highest BCUT2D eigenvalue weighted by atomic mass is 16.5. The van der Waals surface area contributed by atoms with Crippen LogP contribution >= 0.6 is 0 Å². The third-order valence-corrected chi connectivity index (χ3v) is 6.21. The zero-order valence-corrected chi connectivity index (χ0v) is 18.2.